The van der Waals surface area contributed by atoms with Crippen LogP contribution in [0.25, 0.3) is 0 Å². The van der Waals surface area contributed by atoms with E-state index in [4.69, 9.17) is 4.74 Å². The number of hydrogen-bond donors (Lipinski definition) is 1. The van der Waals surface area contributed by atoms with Gasteiger partial charge in [0, 0.05) is 19.8 Å². The zero-order valence-electron chi connectivity index (χ0n) is 12.1. The maximum absolute atomic E-state index is 12.0. The highest BCUT2D eigenvalue weighted by molar-refractivity contribution is 5.79. The van der Waals surface area contributed by atoms with Crippen LogP contribution in [0, 0.1) is 5.92 Å². The van der Waals surface area contributed by atoms with Gasteiger partial charge in [-0.1, -0.05) is 30.3 Å². The molecule has 0 unspecified atom stereocenters. The van der Waals surface area contributed by atoms with Crippen LogP contribution in [0.1, 0.15) is 25.8 Å². The third kappa shape index (κ3) is 7.10. The van der Waals surface area contributed by atoms with Crippen molar-refractivity contribution in [3.63, 3.8) is 0 Å². The number of ether oxygens (including phenoxy) is 1. The van der Waals surface area contributed by atoms with Crippen LogP contribution < -0.4 is 5.48 Å². The van der Waals surface area contributed by atoms with Crippen LogP contribution in [-0.4, -0.2) is 24.5 Å². The molecule has 0 spiro atoms. The molecule has 0 bridgehead atoms. The molecule has 21 heavy (non-hydrogen) atoms. The molecule has 0 saturated carbocycles. The number of carbonyl (C=O) groups is 3. The van der Waals surface area contributed by atoms with Crippen molar-refractivity contribution < 1.29 is 24.0 Å². The molecule has 0 radical (unpaired) electrons. The third-order valence-corrected chi connectivity index (χ3v) is 2.76. The van der Waals surface area contributed by atoms with Gasteiger partial charge in [0.2, 0.25) is 0 Å². The summed E-state index contributed by atoms with van der Waals surface area (Å²) in [6.45, 7) is 2.65. The molecule has 1 aromatic carbocycles. The SMILES string of the molecule is CC(=O)OCC[C@H](Cc1ccccc1)C(=O)NOC(C)=O. The van der Waals surface area contributed by atoms with Gasteiger partial charge < -0.3 is 9.57 Å². The number of carbonyl (C=O) groups excluding carboxylic acids is 3. The molecule has 0 aliphatic rings. The smallest absolute Gasteiger partial charge is 0.329 e. The minimum absolute atomic E-state index is 0.139. The van der Waals surface area contributed by atoms with E-state index in [9.17, 15) is 14.4 Å². The van der Waals surface area contributed by atoms with Gasteiger partial charge >= 0.3 is 11.9 Å². The van der Waals surface area contributed by atoms with Crippen LogP contribution in [0.2, 0.25) is 0 Å². The van der Waals surface area contributed by atoms with E-state index in [1.807, 2.05) is 30.3 Å². The van der Waals surface area contributed by atoms with E-state index in [0.717, 1.165) is 5.56 Å². The summed E-state index contributed by atoms with van der Waals surface area (Å²) in [5.74, 6) is -1.86. The molecule has 6 heteroatoms. The maximum atomic E-state index is 12.0. The maximum Gasteiger partial charge on any atom is 0.329 e. The first-order valence-electron chi connectivity index (χ1n) is 6.63. The van der Waals surface area contributed by atoms with Gasteiger partial charge in [0.1, 0.15) is 0 Å². The summed E-state index contributed by atoms with van der Waals surface area (Å²) in [6, 6.07) is 9.44. The normalized spacial score (nSPS) is 11.3. The van der Waals surface area contributed by atoms with E-state index < -0.39 is 23.8 Å². The lowest BCUT2D eigenvalue weighted by molar-refractivity contribution is -0.158. The van der Waals surface area contributed by atoms with Gasteiger partial charge in [-0.05, 0) is 18.4 Å². The first kappa shape index (κ1) is 16.7. The molecule has 6 nitrogen and oxygen atoms in total. The molecule has 1 rings (SSSR count). The molecule has 0 saturated heterocycles. The van der Waals surface area contributed by atoms with Crippen molar-refractivity contribution >= 4 is 17.8 Å². The molecule has 1 amide bonds. The van der Waals surface area contributed by atoms with Crippen molar-refractivity contribution in [2.45, 2.75) is 26.7 Å². The van der Waals surface area contributed by atoms with Crippen molar-refractivity contribution in [3.05, 3.63) is 35.9 Å². The zero-order chi connectivity index (χ0) is 15.7. The standard InChI is InChI=1S/C15H19NO5/c1-11(17)20-9-8-14(15(19)16-21-12(2)18)10-13-6-4-3-5-7-13/h3-7,14H,8-10H2,1-2H3,(H,16,19)/t14-/m1/s1. The van der Waals surface area contributed by atoms with Crippen molar-refractivity contribution in [2.24, 2.45) is 5.92 Å². The van der Waals surface area contributed by atoms with Crippen LogP contribution in [0.15, 0.2) is 30.3 Å². The molecule has 1 aromatic rings. The lowest BCUT2D eigenvalue weighted by atomic mass is 9.96. The highest BCUT2D eigenvalue weighted by Crippen LogP contribution is 2.13. The van der Waals surface area contributed by atoms with E-state index in [1.165, 1.54) is 13.8 Å². The Morgan fingerprint density at radius 3 is 2.33 bits per heavy atom. The fourth-order valence-corrected chi connectivity index (χ4v) is 1.77. The quantitative estimate of drug-likeness (QED) is 0.633. The van der Waals surface area contributed by atoms with E-state index in [2.05, 4.69) is 10.3 Å². The molecule has 0 fully saturated rings. The topological polar surface area (TPSA) is 81.7 Å². The highest BCUT2D eigenvalue weighted by Gasteiger charge is 2.20. The number of benzene rings is 1. The second kappa shape index (κ2) is 8.73. The summed E-state index contributed by atoms with van der Waals surface area (Å²) in [5, 5.41) is 0. The summed E-state index contributed by atoms with van der Waals surface area (Å²) in [4.78, 5) is 38.0. The summed E-state index contributed by atoms with van der Waals surface area (Å²) in [5.41, 5.74) is 3.09. The number of nitrogens with one attached hydrogen (secondary N) is 1. The average molecular weight is 293 g/mol. The predicted molar refractivity (Wildman–Crippen MR) is 74.8 cm³/mol. The van der Waals surface area contributed by atoms with Crippen LogP contribution in [0.3, 0.4) is 0 Å². The van der Waals surface area contributed by atoms with Gasteiger partial charge in [0.05, 0.1) is 6.61 Å². The number of amides is 1. The zero-order valence-corrected chi connectivity index (χ0v) is 12.1. The Bertz CT molecular complexity index is 486. The highest BCUT2D eigenvalue weighted by atomic mass is 16.7. The van der Waals surface area contributed by atoms with Gasteiger partial charge in [-0.2, -0.15) is 5.48 Å². The third-order valence-electron chi connectivity index (χ3n) is 2.76. The predicted octanol–water partition coefficient (Wildman–Crippen LogP) is 1.39. The fraction of sp³-hybridized carbons (Fsp3) is 0.400. The van der Waals surface area contributed by atoms with E-state index in [0.29, 0.717) is 12.8 Å². The fourth-order valence-electron chi connectivity index (χ4n) is 1.77. The van der Waals surface area contributed by atoms with Gasteiger partial charge in [-0.3, -0.25) is 14.4 Å². The Kier molecular flexibility index (Phi) is 6.94. The summed E-state index contributed by atoms with van der Waals surface area (Å²) in [7, 11) is 0. The Morgan fingerprint density at radius 2 is 1.76 bits per heavy atom. The number of esters is 1. The summed E-state index contributed by atoms with van der Waals surface area (Å²) < 4.78 is 4.86. The molecule has 0 aromatic heterocycles. The largest absolute Gasteiger partial charge is 0.466 e. The Morgan fingerprint density at radius 1 is 1.10 bits per heavy atom. The van der Waals surface area contributed by atoms with Crippen molar-refractivity contribution in [1.82, 2.24) is 5.48 Å². The Labute approximate surface area is 123 Å². The second-order valence-corrected chi connectivity index (χ2v) is 4.58. The molecule has 0 aliphatic carbocycles. The van der Waals surface area contributed by atoms with Crippen molar-refractivity contribution in [1.29, 1.82) is 0 Å². The van der Waals surface area contributed by atoms with Crippen molar-refractivity contribution in [3.8, 4) is 0 Å². The lowest BCUT2D eigenvalue weighted by Gasteiger charge is -2.16. The Hall–Kier alpha value is -2.37. The molecular weight excluding hydrogens is 274 g/mol. The van der Waals surface area contributed by atoms with E-state index in [-0.39, 0.29) is 6.61 Å². The van der Waals surface area contributed by atoms with Crippen LogP contribution in [-0.2, 0) is 30.4 Å². The minimum atomic E-state index is -0.596. The van der Waals surface area contributed by atoms with Gasteiger partial charge in [-0.25, -0.2) is 0 Å². The molecule has 0 aliphatic heterocycles. The first-order chi connectivity index (χ1) is 9.99. The molecule has 114 valence electrons. The second-order valence-electron chi connectivity index (χ2n) is 4.58. The van der Waals surface area contributed by atoms with Crippen LogP contribution in [0.4, 0.5) is 0 Å². The monoisotopic (exact) mass is 293 g/mol. The first-order valence-corrected chi connectivity index (χ1v) is 6.63. The van der Waals surface area contributed by atoms with Crippen LogP contribution in [0.5, 0.6) is 0 Å². The molecule has 0 heterocycles. The summed E-state index contributed by atoms with van der Waals surface area (Å²) >= 11 is 0. The number of rotatable bonds is 6. The van der Waals surface area contributed by atoms with Gasteiger partial charge in [0.15, 0.2) is 0 Å². The van der Waals surface area contributed by atoms with Crippen molar-refractivity contribution in [2.75, 3.05) is 6.61 Å². The Balaban J connectivity index is 2.62. The number of hydroxylamine groups is 1. The lowest BCUT2D eigenvalue weighted by Crippen LogP contribution is -2.34. The molecule has 1 atom stereocenters. The minimum Gasteiger partial charge on any atom is -0.466 e. The van der Waals surface area contributed by atoms with Gasteiger partial charge in [0.25, 0.3) is 5.91 Å². The van der Waals surface area contributed by atoms with Crippen LogP contribution >= 0.6 is 0 Å². The summed E-state index contributed by atoms with van der Waals surface area (Å²) in [6.07, 6.45) is 0.816. The molecular formula is C15H19NO5. The molecule has 1 N–H and O–H groups in total. The van der Waals surface area contributed by atoms with E-state index >= 15 is 0 Å². The number of hydrogen-bond acceptors (Lipinski definition) is 5. The van der Waals surface area contributed by atoms with E-state index in [1.54, 1.807) is 0 Å². The van der Waals surface area contributed by atoms with Gasteiger partial charge in [-0.15, -0.1) is 0 Å². The average Bonchev–Trinajstić information content (AvgIpc) is 2.44.